The Morgan fingerprint density at radius 3 is 2.57 bits per heavy atom. The third-order valence-corrected chi connectivity index (χ3v) is 3.42. The molecule has 0 saturated heterocycles. The van der Waals surface area contributed by atoms with Gasteiger partial charge in [0.15, 0.2) is 0 Å². The number of carbonyl (C=O) groups excluding carboxylic acids is 2. The molecule has 0 aromatic heterocycles. The summed E-state index contributed by atoms with van der Waals surface area (Å²) < 4.78 is 5.13. The predicted molar refractivity (Wildman–Crippen MR) is 88.4 cm³/mol. The number of hydrogen-bond donors (Lipinski definition) is 2. The number of nitrogens with one attached hydrogen (secondary N) is 2. The number of hydrogen-bond acceptors (Lipinski definition) is 3. The summed E-state index contributed by atoms with van der Waals surface area (Å²) in [5, 5.41) is 5.39. The lowest BCUT2D eigenvalue weighted by atomic mass is 10.1. The first-order chi connectivity index (χ1) is 11.1. The topological polar surface area (TPSA) is 67.4 Å². The van der Waals surface area contributed by atoms with Crippen molar-refractivity contribution < 1.29 is 14.3 Å². The molecule has 2 amide bonds. The largest absolute Gasteiger partial charge is 0.497 e. The number of benzene rings is 2. The van der Waals surface area contributed by atoms with Gasteiger partial charge in [0.2, 0.25) is 5.91 Å². The second kappa shape index (κ2) is 7.98. The number of rotatable bonds is 6. The molecule has 0 bridgehead atoms. The zero-order chi connectivity index (χ0) is 16.7. The Balaban J connectivity index is 1.81. The molecule has 0 unspecified atom stereocenters. The lowest BCUT2D eigenvalue weighted by Gasteiger charge is -2.09. The minimum Gasteiger partial charge on any atom is -0.497 e. The lowest BCUT2D eigenvalue weighted by Crippen LogP contribution is -2.36. The van der Waals surface area contributed by atoms with E-state index in [1.165, 1.54) is 0 Å². The molecule has 0 aliphatic heterocycles. The Morgan fingerprint density at radius 2 is 1.83 bits per heavy atom. The van der Waals surface area contributed by atoms with Crippen molar-refractivity contribution in [1.82, 2.24) is 10.6 Å². The van der Waals surface area contributed by atoms with Crippen molar-refractivity contribution in [3.05, 3.63) is 65.2 Å². The van der Waals surface area contributed by atoms with Gasteiger partial charge >= 0.3 is 0 Å². The molecule has 0 spiro atoms. The summed E-state index contributed by atoms with van der Waals surface area (Å²) in [6.45, 7) is 2.19. The van der Waals surface area contributed by atoms with Gasteiger partial charge in [0.25, 0.3) is 5.91 Å². The highest BCUT2D eigenvalue weighted by Gasteiger charge is 2.09. The van der Waals surface area contributed by atoms with E-state index in [4.69, 9.17) is 4.74 Å². The molecule has 0 saturated carbocycles. The molecule has 2 aromatic carbocycles. The van der Waals surface area contributed by atoms with E-state index in [2.05, 4.69) is 10.6 Å². The average molecular weight is 312 g/mol. The van der Waals surface area contributed by atoms with Gasteiger partial charge in [-0.05, 0) is 36.2 Å². The van der Waals surface area contributed by atoms with Gasteiger partial charge in [-0.3, -0.25) is 9.59 Å². The summed E-state index contributed by atoms with van der Waals surface area (Å²) >= 11 is 0. The van der Waals surface area contributed by atoms with Crippen LogP contribution in [0.5, 0.6) is 5.75 Å². The highest BCUT2D eigenvalue weighted by Crippen LogP contribution is 2.12. The maximum Gasteiger partial charge on any atom is 0.251 e. The fraction of sp³-hybridized carbons (Fsp3) is 0.222. The SMILES string of the molecule is COc1cccc(CNC(=O)CNC(=O)c2ccccc2C)c1. The Labute approximate surface area is 135 Å². The highest BCUT2D eigenvalue weighted by atomic mass is 16.5. The summed E-state index contributed by atoms with van der Waals surface area (Å²) in [7, 11) is 1.60. The normalized spacial score (nSPS) is 10.0. The summed E-state index contributed by atoms with van der Waals surface area (Å²) in [5.41, 5.74) is 2.39. The molecule has 0 atom stereocenters. The van der Waals surface area contributed by atoms with Crippen LogP contribution in [-0.2, 0) is 11.3 Å². The van der Waals surface area contributed by atoms with Crippen LogP contribution in [0.1, 0.15) is 21.5 Å². The van der Waals surface area contributed by atoms with E-state index in [9.17, 15) is 9.59 Å². The van der Waals surface area contributed by atoms with Crippen LogP contribution in [0.25, 0.3) is 0 Å². The van der Waals surface area contributed by atoms with E-state index in [1.807, 2.05) is 43.3 Å². The summed E-state index contributed by atoms with van der Waals surface area (Å²) in [6.07, 6.45) is 0. The second-order valence-corrected chi connectivity index (χ2v) is 5.13. The smallest absolute Gasteiger partial charge is 0.251 e. The van der Waals surface area contributed by atoms with Crippen LogP contribution >= 0.6 is 0 Å². The number of aryl methyl sites for hydroxylation is 1. The third-order valence-electron chi connectivity index (χ3n) is 3.42. The molecule has 0 aliphatic carbocycles. The van der Waals surface area contributed by atoms with E-state index in [1.54, 1.807) is 19.2 Å². The van der Waals surface area contributed by atoms with Crippen molar-refractivity contribution in [1.29, 1.82) is 0 Å². The van der Waals surface area contributed by atoms with Crippen molar-refractivity contribution in [3.63, 3.8) is 0 Å². The van der Waals surface area contributed by atoms with Crippen molar-refractivity contribution in [2.24, 2.45) is 0 Å². The molecule has 2 rings (SSSR count). The van der Waals surface area contributed by atoms with Gasteiger partial charge in [-0.15, -0.1) is 0 Å². The molecule has 23 heavy (non-hydrogen) atoms. The Kier molecular flexibility index (Phi) is 5.74. The zero-order valence-electron chi connectivity index (χ0n) is 13.3. The van der Waals surface area contributed by atoms with Crippen LogP contribution in [0.3, 0.4) is 0 Å². The van der Waals surface area contributed by atoms with Crippen LogP contribution in [-0.4, -0.2) is 25.5 Å². The lowest BCUT2D eigenvalue weighted by molar-refractivity contribution is -0.120. The maximum absolute atomic E-state index is 12.0. The Hall–Kier alpha value is -2.82. The summed E-state index contributed by atoms with van der Waals surface area (Å²) in [5.74, 6) is 0.249. The molecule has 0 fully saturated rings. The second-order valence-electron chi connectivity index (χ2n) is 5.13. The molecule has 5 nitrogen and oxygen atoms in total. The minimum atomic E-state index is -0.250. The first-order valence-electron chi connectivity index (χ1n) is 7.33. The van der Waals surface area contributed by atoms with Gasteiger partial charge in [-0.2, -0.15) is 0 Å². The first-order valence-corrected chi connectivity index (χ1v) is 7.33. The molecule has 2 aromatic rings. The van der Waals surface area contributed by atoms with Crippen LogP contribution in [0.15, 0.2) is 48.5 Å². The zero-order valence-corrected chi connectivity index (χ0v) is 13.3. The van der Waals surface area contributed by atoms with Crippen molar-refractivity contribution in [2.75, 3.05) is 13.7 Å². The summed E-state index contributed by atoms with van der Waals surface area (Å²) in [6, 6.07) is 14.7. The van der Waals surface area contributed by atoms with Gasteiger partial charge in [-0.25, -0.2) is 0 Å². The standard InChI is InChI=1S/C18H20N2O3/c1-13-6-3-4-9-16(13)18(22)20-12-17(21)19-11-14-7-5-8-15(10-14)23-2/h3-10H,11-12H2,1-2H3,(H,19,21)(H,20,22). The van der Waals surface area contributed by atoms with Crippen molar-refractivity contribution in [3.8, 4) is 5.75 Å². The maximum atomic E-state index is 12.0. The highest BCUT2D eigenvalue weighted by molar-refractivity contribution is 5.97. The van der Waals surface area contributed by atoms with Crippen LogP contribution in [0.4, 0.5) is 0 Å². The van der Waals surface area contributed by atoms with Gasteiger partial charge < -0.3 is 15.4 Å². The summed E-state index contributed by atoms with van der Waals surface area (Å²) in [4.78, 5) is 23.9. The Bertz CT molecular complexity index is 698. The molecule has 0 aliphatic rings. The van der Waals surface area contributed by atoms with E-state index in [0.29, 0.717) is 12.1 Å². The van der Waals surface area contributed by atoms with Crippen molar-refractivity contribution in [2.45, 2.75) is 13.5 Å². The van der Waals surface area contributed by atoms with Crippen LogP contribution in [0, 0.1) is 6.92 Å². The van der Waals surface area contributed by atoms with Crippen LogP contribution in [0.2, 0.25) is 0 Å². The van der Waals surface area contributed by atoms with Crippen molar-refractivity contribution >= 4 is 11.8 Å². The molecular weight excluding hydrogens is 292 g/mol. The predicted octanol–water partition coefficient (Wildman–Crippen LogP) is 2.05. The third kappa shape index (κ3) is 4.85. The van der Waals surface area contributed by atoms with Gasteiger partial charge in [0.1, 0.15) is 5.75 Å². The van der Waals surface area contributed by atoms with Gasteiger partial charge in [0, 0.05) is 12.1 Å². The number of carbonyl (C=O) groups is 2. The molecule has 2 N–H and O–H groups in total. The first kappa shape index (κ1) is 16.5. The fourth-order valence-electron chi connectivity index (χ4n) is 2.13. The van der Waals surface area contributed by atoms with Crippen LogP contribution < -0.4 is 15.4 Å². The van der Waals surface area contributed by atoms with E-state index >= 15 is 0 Å². The monoisotopic (exact) mass is 312 g/mol. The Morgan fingerprint density at radius 1 is 1.04 bits per heavy atom. The number of amides is 2. The molecular formula is C18H20N2O3. The van der Waals surface area contributed by atoms with E-state index in [0.717, 1.165) is 16.9 Å². The number of ether oxygens (including phenoxy) is 1. The van der Waals surface area contributed by atoms with Gasteiger partial charge in [-0.1, -0.05) is 30.3 Å². The average Bonchev–Trinajstić information content (AvgIpc) is 2.58. The minimum absolute atomic E-state index is 0.0584. The van der Waals surface area contributed by atoms with E-state index < -0.39 is 0 Å². The quantitative estimate of drug-likeness (QED) is 0.858. The van der Waals surface area contributed by atoms with Gasteiger partial charge in [0.05, 0.1) is 13.7 Å². The number of methoxy groups -OCH3 is 1. The molecule has 5 heteroatoms. The molecule has 0 radical (unpaired) electrons. The molecule has 120 valence electrons. The molecule has 0 heterocycles. The fourth-order valence-corrected chi connectivity index (χ4v) is 2.13. The van der Waals surface area contributed by atoms with E-state index in [-0.39, 0.29) is 18.4 Å².